The molecule has 2 aromatic heterocycles. The number of aryl methyl sites for hydroxylation is 2. The van der Waals surface area contributed by atoms with E-state index >= 15 is 0 Å². The number of nitrogens with zero attached hydrogens (tertiary/aromatic N) is 2. The Hall–Kier alpha value is -3.15. The average Bonchev–Trinajstić information content (AvgIpc) is 3.05. The van der Waals surface area contributed by atoms with Crippen LogP contribution in [0.15, 0.2) is 42.6 Å². The summed E-state index contributed by atoms with van der Waals surface area (Å²) in [6.45, 7) is 4.16. The first-order valence-corrected chi connectivity index (χ1v) is 9.59. The largest absolute Gasteiger partial charge is 0.462 e. The number of esters is 1. The minimum absolute atomic E-state index is 0.00315. The SMILES string of the molecule is CCOC(=O)c1ccc(NC(=O)C2CCc3nc4cc(C)ccn4c3C2)cc1. The third kappa shape index (κ3) is 3.50. The second kappa shape index (κ2) is 7.46. The molecule has 6 nitrogen and oxygen atoms in total. The van der Waals surface area contributed by atoms with Crippen molar-refractivity contribution in [1.29, 1.82) is 0 Å². The first-order chi connectivity index (χ1) is 13.5. The van der Waals surface area contributed by atoms with Gasteiger partial charge in [0, 0.05) is 29.9 Å². The third-order valence-corrected chi connectivity index (χ3v) is 5.17. The standard InChI is InChI=1S/C22H23N3O3/c1-3-28-22(27)15-4-7-17(8-5-15)23-21(26)16-6-9-18-19(13-16)25-11-10-14(2)12-20(25)24-18/h4-5,7-8,10-12,16H,3,6,9,13H2,1-2H3,(H,23,26). The molecule has 0 bridgehead atoms. The molecule has 0 spiro atoms. The van der Waals surface area contributed by atoms with E-state index in [9.17, 15) is 9.59 Å². The van der Waals surface area contributed by atoms with E-state index in [-0.39, 0.29) is 17.8 Å². The number of hydrogen-bond acceptors (Lipinski definition) is 4. The van der Waals surface area contributed by atoms with Crippen molar-refractivity contribution in [3.05, 3.63) is 65.1 Å². The lowest BCUT2D eigenvalue weighted by molar-refractivity contribution is -0.120. The van der Waals surface area contributed by atoms with Crippen molar-refractivity contribution in [1.82, 2.24) is 9.38 Å². The van der Waals surface area contributed by atoms with Crippen molar-refractivity contribution in [2.45, 2.75) is 33.1 Å². The molecule has 2 heterocycles. The lowest BCUT2D eigenvalue weighted by Gasteiger charge is -2.21. The fourth-order valence-corrected chi connectivity index (χ4v) is 3.68. The molecule has 0 aliphatic heterocycles. The maximum absolute atomic E-state index is 12.8. The summed E-state index contributed by atoms with van der Waals surface area (Å²) >= 11 is 0. The van der Waals surface area contributed by atoms with Gasteiger partial charge in [-0.15, -0.1) is 0 Å². The van der Waals surface area contributed by atoms with Gasteiger partial charge in [0.05, 0.1) is 17.9 Å². The topological polar surface area (TPSA) is 72.7 Å². The van der Waals surface area contributed by atoms with Gasteiger partial charge < -0.3 is 14.5 Å². The number of amides is 1. The number of fused-ring (bicyclic) bond motifs is 3. The summed E-state index contributed by atoms with van der Waals surface area (Å²) in [4.78, 5) is 29.2. The minimum Gasteiger partial charge on any atom is -0.462 e. The maximum atomic E-state index is 12.8. The number of imidazole rings is 1. The molecule has 0 fully saturated rings. The van der Waals surface area contributed by atoms with Gasteiger partial charge in [-0.05, 0) is 68.7 Å². The van der Waals surface area contributed by atoms with Gasteiger partial charge in [0.1, 0.15) is 5.65 Å². The summed E-state index contributed by atoms with van der Waals surface area (Å²) in [5.41, 5.74) is 5.49. The van der Waals surface area contributed by atoms with Crippen LogP contribution in [0.2, 0.25) is 0 Å². The molecule has 1 aromatic carbocycles. The Morgan fingerprint density at radius 2 is 2.04 bits per heavy atom. The van der Waals surface area contributed by atoms with Crippen LogP contribution in [-0.2, 0) is 22.4 Å². The van der Waals surface area contributed by atoms with Gasteiger partial charge in [-0.25, -0.2) is 9.78 Å². The summed E-state index contributed by atoms with van der Waals surface area (Å²) in [6.07, 6.45) is 4.29. The first kappa shape index (κ1) is 18.2. The Morgan fingerprint density at radius 1 is 1.25 bits per heavy atom. The number of nitrogens with one attached hydrogen (secondary N) is 1. The van der Waals surface area contributed by atoms with Gasteiger partial charge in [-0.2, -0.15) is 0 Å². The van der Waals surface area contributed by atoms with Gasteiger partial charge in [-0.3, -0.25) is 4.79 Å². The summed E-state index contributed by atoms with van der Waals surface area (Å²) in [6, 6.07) is 10.9. The Kier molecular flexibility index (Phi) is 4.86. The molecule has 28 heavy (non-hydrogen) atoms. The fourth-order valence-electron chi connectivity index (χ4n) is 3.68. The molecule has 1 aliphatic carbocycles. The van der Waals surface area contributed by atoms with Crippen LogP contribution >= 0.6 is 0 Å². The molecular weight excluding hydrogens is 354 g/mol. The molecule has 1 atom stereocenters. The molecule has 1 amide bonds. The van der Waals surface area contributed by atoms with Crippen molar-refractivity contribution in [3.63, 3.8) is 0 Å². The van der Waals surface area contributed by atoms with Crippen molar-refractivity contribution in [3.8, 4) is 0 Å². The van der Waals surface area contributed by atoms with Crippen molar-refractivity contribution in [2.75, 3.05) is 11.9 Å². The number of anilines is 1. The number of carbonyl (C=O) groups is 2. The van der Waals surface area contributed by atoms with Gasteiger partial charge in [0.2, 0.25) is 5.91 Å². The molecule has 4 rings (SSSR count). The fraction of sp³-hybridized carbons (Fsp3) is 0.318. The van der Waals surface area contributed by atoms with E-state index in [4.69, 9.17) is 9.72 Å². The van der Waals surface area contributed by atoms with E-state index < -0.39 is 0 Å². The highest BCUT2D eigenvalue weighted by Crippen LogP contribution is 2.27. The average molecular weight is 377 g/mol. The van der Waals surface area contributed by atoms with Crippen LogP contribution in [0.1, 0.15) is 40.7 Å². The highest BCUT2D eigenvalue weighted by atomic mass is 16.5. The molecule has 3 aromatic rings. The Morgan fingerprint density at radius 3 is 2.79 bits per heavy atom. The van der Waals surface area contributed by atoms with E-state index in [0.717, 1.165) is 29.9 Å². The summed E-state index contributed by atoms with van der Waals surface area (Å²) in [5, 5.41) is 2.97. The van der Waals surface area contributed by atoms with E-state index in [1.165, 1.54) is 5.56 Å². The zero-order chi connectivity index (χ0) is 19.7. The number of carbonyl (C=O) groups excluding carboxylic acids is 2. The molecular formula is C22H23N3O3. The van der Waals surface area contributed by atoms with E-state index in [0.29, 0.717) is 24.3 Å². The number of pyridine rings is 1. The van der Waals surface area contributed by atoms with Gasteiger partial charge in [0.15, 0.2) is 0 Å². The van der Waals surface area contributed by atoms with Crippen LogP contribution in [0.25, 0.3) is 5.65 Å². The number of aromatic nitrogens is 2. The second-order valence-corrected chi connectivity index (χ2v) is 7.16. The summed E-state index contributed by atoms with van der Waals surface area (Å²) in [7, 11) is 0. The normalized spacial score (nSPS) is 15.9. The smallest absolute Gasteiger partial charge is 0.338 e. The van der Waals surface area contributed by atoms with Gasteiger partial charge in [-0.1, -0.05) is 0 Å². The van der Waals surface area contributed by atoms with Crippen LogP contribution in [0.5, 0.6) is 0 Å². The second-order valence-electron chi connectivity index (χ2n) is 7.16. The highest BCUT2D eigenvalue weighted by molar-refractivity contribution is 5.94. The highest BCUT2D eigenvalue weighted by Gasteiger charge is 2.28. The monoisotopic (exact) mass is 377 g/mol. The molecule has 0 saturated heterocycles. The van der Waals surface area contributed by atoms with Crippen molar-refractivity contribution >= 4 is 23.2 Å². The lowest BCUT2D eigenvalue weighted by Crippen LogP contribution is -2.28. The van der Waals surface area contributed by atoms with Gasteiger partial charge in [0.25, 0.3) is 0 Å². The van der Waals surface area contributed by atoms with Crippen LogP contribution in [0, 0.1) is 12.8 Å². The summed E-state index contributed by atoms with van der Waals surface area (Å²) in [5.74, 6) is -0.460. The number of rotatable bonds is 4. The quantitative estimate of drug-likeness (QED) is 0.706. The predicted octanol–water partition coefficient (Wildman–Crippen LogP) is 3.56. The van der Waals surface area contributed by atoms with Crippen LogP contribution < -0.4 is 5.32 Å². The van der Waals surface area contributed by atoms with Crippen LogP contribution in [0.4, 0.5) is 5.69 Å². The molecule has 6 heteroatoms. The molecule has 0 radical (unpaired) electrons. The number of ether oxygens (including phenoxy) is 1. The molecule has 1 aliphatic rings. The van der Waals surface area contributed by atoms with E-state index in [1.807, 2.05) is 6.20 Å². The minimum atomic E-state index is -0.358. The zero-order valence-electron chi connectivity index (χ0n) is 16.1. The Balaban J connectivity index is 1.46. The summed E-state index contributed by atoms with van der Waals surface area (Å²) < 4.78 is 7.07. The number of benzene rings is 1. The van der Waals surface area contributed by atoms with Crippen molar-refractivity contribution in [2.24, 2.45) is 5.92 Å². The third-order valence-electron chi connectivity index (χ3n) is 5.17. The first-order valence-electron chi connectivity index (χ1n) is 9.59. The lowest BCUT2D eigenvalue weighted by atomic mass is 9.89. The molecule has 144 valence electrons. The van der Waals surface area contributed by atoms with Crippen LogP contribution in [0.3, 0.4) is 0 Å². The van der Waals surface area contributed by atoms with Crippen molar-refractivity contribution < 1.29 is 14.3 Å². The molecule has 1 unspecified atom stereocenters. The Bertz CT molecular complexity index is 1040. The maximum Gasteiger partial charge on any atom is 0.338 e. The molecule has 1 N–H and O–H groups in total. The predicted molar refractivity (Wildman–Crippen MR) is 106 cm³/mol. The Labute approximate surface area is 163 Å². The van der Waals surface area contributed by atoms with E-state index in [2.05, 4.69) is 28.8 Å². The zero-order valence-corrected chi connectivity index (χ0v) is 16.1. The van der Waals surface area contributed by atoms with Gasteiger partial charge >= 0.3 is 5.97 Å². The molecule has 0 saturated carbocycles. The number of hydrogen-bond donors (Lipinski definition) is 1. The van der Waals surface area contributed by atoms with Crippen LogP contribution in [-0.4, -0.2) is 27.9 Å². The van der Waals surface area contributed by atoms with E-state index in [1.54, 1.807) is 31.2 Å².